The minimum Gasteiger partial charge on any atom is -0.404 e. The van der Waals surface area contributed by atoms with Gasteiger partial charge in [-0.05, 0) is 49.4 Å². The third-order valence-electron chi connectivity index (χ3n) is 7.77. The number of rotatable bonds is 6. The Labute approximate surface area is 171 Å². The predicted molar refractivity (Wildman–Crippen MR) is 122 cm³/mol. The van der Waals surface area contributed by atoms with Gasteiger partial charge in [-0.2, -0.15) is 0 Å². The molecule has 4 fully saturated rings. The van der Waals surface area contributed by atoms with Gasteiger partial charge in [0.1, 0.15) is 16.5 Å². The second-order valence-corrected chi connectivity index (χ2v) is 22.8. The largest absolute Gasteiger partial charge is 0.474 e. The van der Waals surface area contributed by atoms with Crippen LogP contribution in [0.4, 0.5) is 0 Å². The molecule has 1 heterocycles. The Balaban J connectivity index is 1.91. The zero-order valence-corrected chi connectivity index (χ0v) is 21.8. The molecule has 0 aromatic heterocycles. The van der Waals surface area contributed by atoms with E-state index < -0.39 is 16.5 Å². The van der Waals surface area contributed by atoms with Crippen LogP contribution in [0, 0.1) is 23.2 Å². The maximum atomic E-state index is 6.95. The van der Waals surface area contributed by atoms with Crippen molar-refractivity contribution in [1.82, 2.24) is 4.23 Å². The van der Waals surface area contributed by atoms with E-state index in [1.165, 1.54) is 19.3 Å². The Kier molecular flexibility index (Phi) is 5.47. The second kappa shape index (κ2) is 6.69. The van der Waals surface area contributed by atoms with Crippen LogP contribution in [-0.2, 0) is 9.31 Å². The maximum absolute atomic E-state index is 6.95. The van der Waals surface area contributed by atoms with E-state index in [0.717, 1.165) is 5.92 Å². The van der Waals surface area contributed by atoms with Crippen molar-refractivity contribution < 1.29 is 9.31 Å². The molecular weight excluding hydrogens is 365 g/mol. The Morgan fingerprint density at radius 1 is 1.00 bits per heavy atom. The van der Waals surface area contributed by atoms with E-state index in [-0.39, 0.29) is 12.7 Å². The zero-order valence-electron chi connectivity index (χ0n) is 19.8. The topological polar surface area (TPSA) is 21.7 Å². The van der Waals surface area contributed by atoms with Crippen molar-refractivity contribution in [2.45, 2.75) is 111 Å². The van der Waals surface area contributed by atoms with Crippen LogP contribution in [0.5, 0.6) is 0 Å². The molecule has 1 aliphatic heterocycles. The summed E-state index contributed by atoms with van der Waals surface area (Å²) in [6.45, 7) is 27.0. The van der Waals surface area contributed by atoms with Gasteiger partial charge in [0.05, 0.1) is 11.7 Å². The molecule has 4 aliphatic rings. The van der Waals surface area contributed by atoms with Gasteiger partial charge in [0.15, 0.2) is 0 Å². The predicted octanol–water partition coefficient (Wildman–Crippen LogP) is 5.64. The standard InChI is InChI=1S/C21H44BNO2Si2/c1-15(2)12-19(23(26(6,7)8)27(9,10)11)22-24-18-14-16-13-17(20(16,3)4)21(18,5)25-22/h15-19H,12-14H2,1-11H3. The van der Waals surface area contributed by atoms with Gasteiger partial charge < -0.3 is 13.5 Å². The molecule has 0 amide bonds. The van der Waals surface area contributed by atoms with Gasteiger partial charge in [0.25, 0.3) is 0 Å². The molecule has 1 saturated heterocycles. The Hall–Kier alpha value is 0.379. The molecule has 4 rings (SSSR count). The third kappa shape index (κ3) is 3.67. The molecular formula is C21H44BNO2Si2. The quantitative estimate of drug-likeness (QED) is 0.530. The van der Waals surface area contributed by atoms with Gasteiger partial charge in [-0.25, -0.2) is 0 Å². The first kappa shape index (κ1) is 22.1. The molecule has 3 saturated carbocycles. The van der Waals surface area contributed by atoms with Crippen molar-refractivity contribution in [1.29, 1.82) is 0 Å². The fourth-order valence-corrected chi connectivity index (χ4v) is 17.4. The van der Waals surface area contributed by atoms with Crippen LogP contribution in [0.3, 0.4) is 0 Å². The van der Waals surface area contributed by atoms with Gasteiger partial charge >= 0.3 is 7.12 Å². The van der Waals surface area contributed by atoms with E-state index in [4.69, 9.17) is 9.31 Å². The fraction of sp³-hybridized carbons (Fsp3) is 1.00. The highest BCUT2D eigenvalue weighted by Crippen LogP contribution is 2.66. The lowest BCUT2D eigenvalue weighted by Gasteiger charge is -2.64. The normalized spacial score (nSPS) is 36.8. The molecule has 0 aromatic rings. The number of nitrogens with zero attached hydrogens (tertiary/aromatic N) is 1. The van der Waals surface area contributed by atoms with Gasteiger partial charge in [-0.1, -0.05) is 67.0 Å². The average molecular weight is 410 g/mol. The van der Waals surface area contributed by atoms with Gasteiger partial charge in [-0.15, -0.1) is 0 Å². The molecule has 0 aromatic carbocycles. The summed E-state index contributed by atoms with van der Waals surface area (Å²) in [7, 11) is -3.04. The van der Waals surface area contributed by atoms with Gasteiger partial charge in [-0.3, -0.25) is 0 Å². The lowest BCUT2D eigenvalue weighted by atomic mass is 9.43. The van der Waals surface area contributed by atoms with Gasteiger partial charge in [0, 0.05) is 5.94 Å². The molecule has 3 nitrogen and oxygen atoms in total. The Morgan fingerprint density at radius 2 is 1.56 bits per heavy atom. The molecule has 0 radical (unpaired) electrons. The van der Waals surface area contributed by atoms with E-state index >= 15 is 0 Å². The maximum Gasteiger partial charge on any atom is 0.474 e. The SMILES string of the molecule is CC(C)CC(B1OC2CC3CC(C3(C)C)C2(C)O1)N([Si](C)(C)C)[Si](C)(C)C. The summed E-state index contributed by atoms with van der Waals surface area (Å²) in [6.07, 6.45) is 3.97. The summed E-state index contributed by atoms with van der Waals surface area (Å²) < 4.78 is 16.7. The van der Waals surface area contributed by atoms with Crippen LogP contribution in [0.25, 0.3) is 0 Å². The van der Waals surface area contributed by atoms with E-state index in [1.807, 2.05) is 0 Å². The van der Waals surface area contributed by atoms with E-state index in [2.05, 4.69) is 78.1 Å². The van der Waals surface area contributed by atoms with Crippen LogP contribution >= 0.6 is 0 Å². The first-order valence-corrected chi connectivity index (χ1v) is 18.1. The molecule has 3 aliphatic carbocycles. The van der Waals surface area contributed by atoms with Crippen molar-refractivity contribution in [2.24, 2.45) is 23.2 Å². The van der Waals surface area contributed by atoms with Crippen molar-refractivity contribution >= 4 is 23.6 Å². The van der Waals surface area contributed by atoms with Crippen molar-refractivity contribution in [3.8, 4) is 0 Å². The molecule has 5 atom stereocenters. The van der Waals surface area contributed by atoms with Crippen LogP contribution in [-0.4, -0.2) is 45.5 Å². The summed E-state index contributed by atoms with van der Waals surface area (Å²) in [5.41, 5.74) is 0.316. The minimum atomic E-state index is -1.49. The molecule has 0 spiro atoms. The van der Waals surface area contributed by atoms with E-state index in [1.54, 1.807) is 0 Å². The van der Waals surface area contributed by atoms with Crippen LogP contribution in [0.15, 0.2) is 0 Å². The smallest absolute Gasteiger partial charge is 0.404 e. The lowest BCUT2D eigenvalue weighted by Crippen LogP contribution is -2.68. The first-order valence-electron chi connectivity index (χ1n) is 11.2. The van der Waals surface area contributed by atoms with Gasteiger partial charge in [0.2, 0.25) is 0 Å². The van der Waals surface area contributed by atoms with Crippen LogP contribution in [0.1, 0.15) is 53.9 Å². The number of hydrogen-bond acceptors (Lipinski definition) is 3. The highest BCUT2D eigenvalue weighted by molar-refractivity contribution is 6.90. The zero-order chi connectivity index (χ0) is 20.6. The highest BCUT2D eigenvalue weighted by atomic mass is 28.4. The Bertz CT molecular complexity index is 558. The van der Waals surface area contributed by atoms with E-state index in [9.17, 15) is 0 Å². The molecule has 27 heavy (non-hydrogen) atoms. The summed E-state index contributed by atoms with van der Waals surface area (Å²) >= 11 is 0. The van der Waals surface area contributed by atoms with Crippen molar-refractivity contribution in [3.63, 3.8) is 0 Å². The first-order chi connectivity index (χ1) is 12.1. The third-order valence-corrected chi connectivity index (χ3v) is 15.4. The number of hydrogen-bond donors (Lipinski definition) is 0. The fourth-order valence-electron chi connectivity index (χ4n) is 6.89. The molecule has 0 N–H and O–H groups in total. The van der Waals surface area contributed by atoms with Crippen LogP contribution in [0.2, 0.25) is 39.3 Å². The minimum absolute atomic E-state index is 0.0593. The summed E-state index contributed by atoms with van der Waals surface area (Å²) in [5.74, 6) is 2.51. The molecule has 5 unspecified atom stereocenters. The molecule has 6 heteroatoms. The monoisotopic (exact) mass is 409 g/mol. The summed E-state index contributed by atoms with van der Waals surface area (Å²) in [6, 6.07) is 0. The molecule has 156 valence electrons. The molecule has 2 bridgehead atoms. The summed E-state index contributed by atoms with van der Waals surface area (Å²) in [5, 5.41) is 0. The highest BCUT2D eigenvalue weighted by Gasteiger charge is 2.69. The van der Waals surface area contributed by atoms with Crippen molar-refractivity contribution in [2.75, 3.05) is 0 Å². The van der Waals surface area contributed by atoms with Crippen molar-refractivity contribution in [3.05, 3.63) is 0 Å². The van der Waals surface area contributed by atoms with Crippen LogP contribution < -0.4 is 0 Å². The summed E-state index contributed by atoms with van der Waals surface area (Å²) in [4.78, 5) is 0. The second-order valence-electron chi connectivity index (χ2n) is 12.7. The van der Waals surface area contributed by atoms with E-state index in [0.29, 0.717) is 29.3 Å². The average Bonchev–Trinajstić information content (AvgIpc) is 2.79. The lowest BCUT2D eigenvalue weighted by molar-refractivity contribution is -0.199. The Morgan fingerprint density at radius 3 is 2.00 bits per heavy atom.